The second-order valence-electron chi connectivity index (χ2n) is 5.12. The molecule has 0 radical (unpaired) electrons. The van der Waals surface area contributed by atoms with Crippen LogP contribution in [0, 0.1) is 23.1 Å². The number of rotatable bonds is 3. The maximum atomic E-state index is 14.1. The highest BCUT2D eigenvalue weighted by Crippen LogP contribution is 2.31. The van der Waals surface area contributed by atoms with Crippen molar-refractivity contribution in [3.63, 3.8) is 0 Å². The highest BCUT2D eigenvalue weighted by Gasteiger charge is 2.27. The lowest BCUT2D eigenvalue weighted by Gasteiger charge is -2.28. The van der Waals surface area contributed by atoms with Gasteiger partial charge in [-0.1, -0.05) is 0 Å². The van der Waals surface area contributed by atoms with Crippen molar-refractivity contribution < 1.29 is 13.9 Å². The fourth-order valence-electron chi connectivity index (χ4n) is 2.61. The molecule has 0 amide bonds. The normalized spacial score (nSPS) is 21.4. The average Bonchev–Trinajstić information content (AvgIpc) is 2.52. The average molecular weight is 355 g/mol. The summed E-state index contributed by atoms with van der Waals surface area (Å²) in [4.78, 5) is 11.5. The van der Waals surface area contributed by atoms with Gasteiger partial charge in [-0.05, 0) is 53.7 Å². The maximum Gasteiger partial charge on any atom is 0.308 e. The summed E-state index contributed by atoms with van der Waals surface area (Å²) in [5.41, 5.74) is 0.648. The highest BCUT2D eigenvalue weighted by atomic mass is 79.9. The quantitative estimate of drug-likeness (QED) is 0.842. The van der Waals surface area contributed by atoms with E-state index in [9.17, 15) is 9.18 Å². The molecule has 1 saturated carbocycles. The van der Waals surface area contributed by atoms with Crippen LogP contribution in [0.2, 0.25) is 0 Å². The van der Waals surface area contributed by atoms with Crippen LogP contribution >= 0.6 is 15.9 Å². The number of carbonyl (C=O) groups excluding carboxylic acids is 1. The summed E-state index contributed by atoms with van der Waals surface area (Å²) in [6.45, 7) is 0. The van der Waals surface area contributed by atoms with Crippen LogP contribution in [0.25, 0.3) is 0 Å². The third kappa shape index (κ3) is 3.53. The Kier molecular flexibility index (Phi) is 5.18. The Morgan fingerprint density at radius 2 is 2.10 bits per heavy atom. The largest absolute Gasteiger partial charge is 0.469 e. The van der Waals surface area contributed by atoms with E-state index >= 15 is 0 Å². The topological polar surface area (TPSA) is 62.1 Å². The molecule has 1 aliphatic rings. The molecule has 4 nitrogen and oxygen atoms in total. The van der Waals surface area contributed by atoms with Gasteiger partial charge in [0.1, 0.15) is 6.07 Å². The minimum atomic E-state index is -0.454. The third-order valence-electron chi connectivity index (χ3n) is 3.82. The van der Waals surface area contributed by atoms with Crippen molar-refractivity contribution in [1.82, 2.24) is 0 Å². The van der Waals surface area contributed by atoms with Crippen LogP contribution in [0.1, 0.15) is 31.2 Å². The number of halogens is 2. The Morgan fingerprint density at radius 3 is 2.67 bits per heavy atom. The van der Waals surface area contributed by atoms with Gasteiger partial charge < -0.3 is 10.1 Å². The molecule has 2 rings (SSSR count). The Morgan fingerprint density at radius 1 is 1.43 bits per heavy atom. The first kappa shape index (κ1) is 15.8. The van der Waals surface area contributed by atoms with Gasteiger partial charge in [-0.25, -0.2) is 4.39 Å². The number of carbonyl (C=O) groups is 1. The molecule has 0 saturated heterocycles. The number of anilines is 1. The molecule has 6 heteroatoms. The summed E-state index contributed by atoms with van der Waals surface area (Å²) in [6.07, 6.45) is 3.06. The molecular weight excluding hydrogens is 339 g/mol. The van der Waals surface area contributed by atoms with E-state index in [1.54, 1.807) is 12.1 Å². The van der Waals surface area contributed by atoms with Crippen molar-refractivity contribution in [1.29, 1.82) is 5.26 Å². The van der Waals surface area contributed by atoms with E-state index in [4.69, 9.17) is 10.00 Å². The lowest BCUT2D eigenvalue weighted by atomic mass is 9.86. The van der Waals surface area contributed by atoms with E-state index in [0.717, 1.165) is 25.7 Å². The zero-order chi connectivity index (χ0) is 15.4. The summed E-state index contributed by atoms with van der Waals surface area (Å²) >= 11 is 3.10. The van der Waals surface area contributed by atoms with Gasteiger partial charge in [-0.2, -0.15) is 5.26 Å². The SMILES string of the molecule is COC(=O)C1CCC(Nc2ccc(C#N)c(Br)c2F)CC1. The van der Waals surface area contributed by atoms with E-state index in [1.165, 1.54) is 7.11 Å². The second kappa shape index (κ2) is 6.90. The highest BCUT2D eigenvalue weighted by molar-refractivity contribution is 9.10. The van der Waals surface area contributed by atoms with Crippen LogP contribution in [0.4, 0.5) is 10.1 Å². The first-order valence-electron chi connectivity index (χ1n) is 6.79. The molecule has 0 bridgehead atoms. The van der Waals surface area contributed by atoms with Gasteiger partial charge in [0, 0.05) is 6.04 Å². The van der Waals surface area contributed by atoms with E-state index in [2.05, 4.69) is 21.2 Å². The van der Waals surface area contributed by atoms with Gasteiger partial charge in [-0.15, -0.1) is 0 Å². The number of nitrogens with one attached hydrogen (secondary N) is 1. The summed E-state index contributed by atoms with van der Waals surface area (Å²) in [6, 6.07) is 5.20. The first-order valence-corrected chi connectivity index (χ1v) is 7.58. The minimum absolute atomic E-state index is 0.0504. The number of hydrogen-bond donors (Lipinski definition) is 1. The van der Waals surface area contributed by atoms with Crippen LogP contribution in [0.3, 0.4) is 0 Å². The molecule has 1 fully saturated rings. The molecular formula is C15H16BrFN2O2. The summed E-state index contributed by atoms with van der Waals surface area (Å²) < 4.78 is 19.1. The Balaban J connectivity index is 2.00. The molecule has 0 heterocycles. The Labute approximate surface area is 131 Å². The number of ether oxygens (including phenoxy) is 1. The maximum absolute atomic E-state index is 14.1. The molecule has 0 unspecified atom stereocenters. The predicted octanol–water partition coefficient (Wildman–Crippen LogP) is 3.60. The molecule has 0 aliphatic heterocycles. The van der Waals surface area contributed by atoms with Gasteiger partial charge in [0.15, 0.2) is 5.82 Å². The number of nitriles is 1. The van der Waals surface area contributed by atoms with Gasteiger partial charge in [0.25, 0.3) is 0 Å². The molecule has 1 aliphatic carbocycles. The standard InChI is InChI=1S/C15H16BrFN2O2/c1-21-15(20)9-2-5-11(6-3-9)19-12-7-4-10(8-18)13(16)14(12)17/h4,7,9,11,19H,2-3,5-6H2,1H3. The molecule has 112 valence electrons. The molecule has 1 aromatic carbocycles. The number of benzene rings is 1. The van der Waals surface area contributed by atoms with E-state index in [1.807, 2.05) is 6.07 Å². The van der Waals surface area contributed by atoms with Crippen molar-refractivity contribution in [2.24, 2.45) is 5.92 Å². The number of nitrogens with zero attached hydrogens (tertiary/aromatic N) is 1. The first-order chi connectivity index (χ1) is 10.1. The minimum Gasteiger partial charge on any atom is -0.469 e. The van der Waals surface area contributed by atoms with Crippen LogP contribution in [0.15, 0.2) is 16.6 Å². The lowest BCUT2D eigenvalue weighted by Crippen LogP contribution is -2.30. The Hall–Kier alpha value is -1.61. The fourth-order valence-corrected chi connectivity index (χ4v) is 3.04. The molecule has 21 heavy (non-hydrogen) atoms. The summed E-state index contributed by atoms with van der Waals surface area (Å²) in [5, 5.41) is 12.0. The summed E-state index contributed by atoms with van der Waals surface area (Å²) in [7, 11) is 1.40. The summed E-state index contributed by atoms with van der Waals surface area (Å²) in [5.74, 6) is -0.671. The third-order valence-corrected chi connectivity index (χ3v) is 4.60. The molecule has 0 aromatic heterocycles. The second-order valence-corrected chi connectivity index (χ2v) is 5.91. The molecule has 1 aromatic rings. The van der Waals surface area contributed by atoms with Crippen molar-refractivity contribution in [2.75, 3.05) is 12.4 Å². The molecule has 0 spiro atoms. The van der Waals surface area contributed by atoms with Gasteiger partial charge in [0.2, 0.25) is 0 Å². The monoisotopic (exact) mass is 354 g/mol. The number of methoxy groups -OCH3 is 1. The van der Waals surface area contributed by atoms with Crippen LogP contribution in [-0.2, 0) is 9.53 Å². The molecule has 0 atom stereocenters. The van der Waals surface area contributed by atoms with Gasteiger partial charge in [-0.3, -0.25) is 4.79 Å². The van der Waals surface area contributed by atoms with E-state index in [-0.39, 0.29) is 28.0 Å². The van der Waals surface area contributed by atoms with Crippen molar-refractivity contribution in [3.05, 3.63) is 28.0 Å². The van der Waals surface area contributed by atoms with Crippen molar-refractivity contribution in [3.8, 4) is 6.07 Å². The van der Waals surface area contributed by atoms with Crippen molar-refractivity contribution in [2.45, 2.75) is 31.7 Å². The number of hydrogen-bond acceptors (Lipinski definition) is 4. The van der Waals surface area contributed by atoms with Crippen molar-refractivity contribution >= 4 is 27.6 Å². The van der Waals surface area contributed by atoms with Crippen LogP contribution in [-0.4, -0.2) is 19.1 Å². The van der Waals surface area contributed by atoms with Crippen LogP contribution < -0.4 is 5.32 Å². The zero-order valence-electron chi connectivity index (χ0n) is 11.7. The fraction of sp³-hybridized carbons (Fsp3) is 0.467. The van der Waals surface area contributed by atoms with Gasteiger partial charge in [0.05, 0.1) is 28.8 Å². The zero-order valence-corrected chi connectivity index (χ0v) is 13.2. The van der Waals surface area contributed by atoms with Crippen LogP contribution in [0.5, 0.6) is 0 Å². The predicted molar refractivity (Wildman–Crippen MR) is 80.2 cm³/mol. The lowest BCUT2D eigenvalue weighted by molar-refractivity contribution is -0.146. The van der Waals surface area contributed by atoms with Gasteiger partial charge >= 0.3 is 5.97 Å². The smallest absolute Gasteiger partial charge is 0.308 e. The van der Waals surface area contributed by atoms with E-state index in [0.29, 0.717) is 5.69 Å². The van der Waals surface area contributed by atoms with E-state index < -0.39 is 5.82 Å². The number of esters is 1. The molecule has 1 N–H and O–H groups in total. The Bertz CT molecular complexity index is 578.